The molecular formula is C16H15BrFN3. The van der Waals surface area contributed by atoms with Crippen LogP contribution in [0.3, 0.4) is 0 Å². The normalized spacial score (nSPS) is 12.7. The predicted octanol–water partition coefficient (Wildman–Crippen LogP) is 3.90. The van der Waals surface area contributed by atoms with E-state index in [0.29, 0.717) is 12.1 Å². The van der Waals surface area contributed by atoms with Gasteiger partial charge in [0.2, 0.25) is 0 Å². The van der Waals surface area contributed by atoms with Crippen LogP contribution >= 0.6 is 15.9 Å². The molecule has 1 heterocycles. The standard InChI is InChI=1S/C16H15BrFN3/c1-19-15(12-8-11(17)6-7-13(12)18)9-21-10-20-14-4-2-3-5-16(14)21/h2-8,10,15,19H,9H2,1H3. The molecule has 0 aliphatic heterocycles. The topological polar surface area (TPSA) is 29.9 Å². The molecule has 1 unspecified atom stereocenters. The molecule has 0 saturated carbocycles. The largest absolute Gasteiger partial charge is 0.329 e. The summed E-state index contributed by atoms with van der Waals surface area (Å²) in [6.07, 6.45) is 1.80. The third-order valence-corrected chi connectivity index (χ3v) is 4.08. The Labute approximate surface area is 130 Å². The van der Waals surface area contributed by atoms with Gasteiger partial charge in [-0.25, -0.2) is 9.37 Å². The summed E-state index contributed by atoms with van der Waals surface area (Å²) in [7, 11) is 1.84. The fourth-order valence-electron chi connectivity index (χ4n) is 2.48. The molecule has 0 bridgehead atoms. The lowest BCUT2D eigenvalue weighted by Crippen LogP contribution is -2.22. The summed E-state index contributed by atoms with van der Waals surface area (Å²) in [6.45, 7) is 0.615. The van der Waals surface area contributed by atoms with Crippen molar-refractivity contribution in [2.75, 3.05) is 7.05 Å². The molecule has 0 amide bonds. The van der Waals surface area contributed by atoms with Crippen LogP contribution in [0.2, 0.25) is 0 Å². The zero-order valence-electron chi connectivity index (χ0n) is 11.6. The zero-order chi connectivity index (χ0) is 14.8. The van der Waals surface area contributed by atoms with Crippen molar-refractivity contribution in [3.8, 4) is 0 Å². The first-order valence-electron chi connectivity index (χ1n) is 6.71. The SMILES string of the molecule is CNC(Cn1cnc2ccccc21)c1cc(Br)ccc1F. The maximum absolute atomic E-state index is 14.1. The molecule has 1 atom stereocenters. The Morgan fingerprint density at radius 2 is 2.10 bits per heavy atom. The quantitative estimate of drug-likeness (QED) is 0.775. The minimum absolute atomic E-state index is 0.125. The molecule has 0 radical (unpaired) electrons. The van der Waals surface area contributed by atoms with Crippen LogP contribution in [0.4, 0.5) is 4.39 Å². The number of hydrogen-bond acceptors (Lipinski definition) is 2. The van der Waals surface area contributed by atoms with Crippen LogP contribution in [0.25, 0.3) is 11.0 Å². The van der Waals surface area contributed by atoms with E-state index in [-0.39, 0.29) is 11.9 Å². The number of nitrogens with one attached hydrogen (secondary N) is 1. The number of para-hydroxylation sites is 2. The highest BCUT2D eigenvalue weighted by Crippen LogP contribution is 2.24. The van der Waals surface area contributed by atoms with Crippen molar-refractivity contribution in [2.24, 2.45) is 0 Å². The molecule has 21 heavy (non-hydrogen) atoms. The van der Waals surface area contributed by atoms with Crippen LogP contribution in [0.5, 0.6) is 0 Å². The highest BCUT2D eigenvalue weighted by Gasteiger charge is 2.16. The molecule has 0 spiro atoms. The molecule has 2 aromatic carbocycles. The van der Waals surface area contributed by atoms with Gasteiger partial charge in [0, 0.05) is 16.6 Å². The Balaban J connectivity index is 1.96. The van der Waals surface area contributed by atoms with E-state index >= 15 is 0 Å². The average molecular weight is 348 g/mol. The second kappa shape index (κ2) is 5.95. The minimum Gasteiger partial charge on any atom is -0.329 e. The Hall–Kier alpha value is -1.72. The second-order valence-electron chi connectivity index (χ2n) is 4.89. The van der Waals surface area contributed by atoms with Crippen molar-refractivity contribution < 1.29 is 4.39 Å². The number of aromatic nitrogens is 2. The summed E-state index contributed by atoms with van der Waals surface area (Å²) in [4.78, 5) is 4.37. The lowest BCUT2D eigenvalue weighted by molar-refractivity contribution is 0.479. The van der Waals surface area contributed by atoms with Crippen LogP contribution in [-0.4, -0.2) is 16.6 Å². The summed E-state index contributed by atoms with van der Waals surface area (Å²) in [5.74, 6) is -0.207. The molecule has 1 N–H and O–H groups in total. The monoisotopic (exact) mass is 347 g/mol. The van der Waals surface area contributed by atoms with Gasteiger partial charge in [0.1, 0.15) is 5.82 Å². The summed E-state index contributed by atoms with van der Waals surface area (Å²) >= 11 is 3.40. The minimum atomic E-state index is -0.207. The number of fused-ring (bicyclic) bond motifs is 1. The van der Waals surface area contributed by atoms with Crippen LogP contribution < -0.4 is 5.32 Å². The molecule has 0 saturated heterocycles. The maximum atomic E-state index is 14.1. The van der Waals surface area contributed by atoms with Crippen molar-refractivity contribution in [1.82, 2.24) is 14.9 Å². The number of imidazole rings is 1. The molecule has 108 valence electrons. The lowest BCUT2D eigenvalue weighted by Gasteiger charge is -2.19. The fraction of sp³-hybridized carbons (Fsp3) is 0.188. The smallest absolute Gasteiger partial charge is 0.128 e. The molecule has 3 aromatic rings. The number of rotatable bonds is 4. The fourth-order valence-corrected chi connectivity index (χ4v) is 2.86. The van der Waals surface area contributed by atoms with Gasteiger partial charge in [0.05, 0.1) is 23.4 Å². The van der Waals surface area contributed by atoms with Gasteiger partial charge < -0.3 is 9.88 Å². The average Bonchev–Trinajstić information content (AvgIpc) is 2.91. The highest BCUT2D eigenvalue weighted by atomic mass is 79.9. The number of hydrogen-bond donors (Lipinski definition) is 1. The molecule has 5 heteroatoms. The molecule has 0 aliphatic rings. The van der Waals surface area contributed by atoms with Crippen LogP contribution in [0.1, 0.15) is 11.6 Å². The molecule has 0 fully saturated rings. The molecule has 0 aliphatic carbocycles. The second-order valence-corrected chi connectivity index (χ2v) is 5.81. The highest BCUT2D eigenvalue weighted by molar-refractivity contribution is 9.10. The summed E-state index contributed by atoms with van der Waals surface area (Å²) in [6, 6.07) is 12.8. The predicted molar refractivity (Wildman–Crippen MR) is 85.6 cm³/mol. The van der Waals surface area contributed by atoms with E-state index in [0.717, 1.165) is 15.5 Å². The lowest BCUT2D eigenvalue weighted by atomic mass is 10.1. The maximum Gasteiger partial charge on any atom is 0.128 e. The molecule has 3 nitrogen and oxygen atoms in total. The zero-order valence-corrected chi connectivity index (χ0v) is 13.1. The van der Waals surface area contributed by atoms with Gasteiger partial charge >= 0.3 is 0 Å². The van der Waals surface area contributed by atoms with E-state index in [2.05, 4.69) is 26.2 Å². The summed E-state index contributed by atoms with van der Waals surface area (Å²) in [5.41, 5.74) is 2.64. The van der Waals surface area contributed by atoms with E-state index < -0.39 is 0 Å². The van der Waals surface area contributed by atoms with Gasteiger partial charge in [-0.3, -0.25) is 0 Å². The van der Waals surface area contributed by atoms with Gasteiger partial charge in [-0.1, -0.05) is 28.1 Å². The first-order valence-corrected chi connectivity index (χ1v) is 7.50. The Morgan fingerprint density at radius 1 is 1.29 bits per heavy atom. The van der Waals surface area contributed by atoms with Crippen molar-refractivity contribution in [3.63, 3.8) is 0 Å². The van der Waals surface area contributed by atoms with Crippen LogP contribution in [-0.2, 0) is 6.54 Å². The van der Waals surface area contributed by atoms with Gasteiger partial charge in [0.25, 0.3) is 0 Å². The third kappa shape index (κ3) is 2.84. The first-order chi connectivity index (χ1) is 10.2. The van der Waals surface area contributed by atoms with Crippen LogP contribution in [0, 0.1) is 5.82 Å². The first kappa shape index (κ1) is 14.2. The number of likely N-dealkylation sites (N-methyl/N-ethyl adjacent to an activating group) is 1. The number of benzene rings is 2. The van der Waals surface area contributed by atoms with Gasteiger partial charge in [-0.05, 0) is 37.4 Å². The Morgan fingerprint density at radius 3 is 2.90 bits per heavy atom. The van der Waals surface area contributed by atoms with Gasteiger partial charge in [-0.2, -0.15) is 0 Å². The summed E-state index contributed by atoms with van der Waals surface area (Å²) < 4.78 is 17.0. The Bertz CT molecular complexity index is 769. The van der Waals surface area contributed by atoms with Crippen molar-refractivity contribution in [2.45, 2.75) is 12.6 Å². The molecular weight excluding hydrogens is 333 g/mol. The van der Waals surface area contributed by atoms with E-state index in [1.807, 2.05) is 41.9 Å². The van der Waals surface area contributed by atoms with Crippen LogP contribution in [0.15, 0.2) is 53.3 Å². The van der Waals surface area contributed by atoms with E-state index in [1.54, 1.807) is 12.4 Å². The third-order valence-electron chi connectivity index (χ3n) is 3.59. The van der Waals surface area contributed by atoms with E-state index in [9.17, 15) is 4.39 Å². The van der Waals surface area contributed by atoms with Gasteiger partial charge in [-0.15, -0.1) is 0 Å². The summed E-state index contributed by atoms with van der Waals surface area (Å²) in [5, 5.41) is 3.18. The Kier molecular flexibility index (Phi) is 4.03. The van der Waals surface area contributed by atoms with Gasteiger partial charge in [0.15, 0.2) is 0 Å². The number of halogens is 2. The molecule has 3 rings (SSSR count). The molecule has 1 aromatic heterocycles. The van der Waals surface area contributed by atoms with E-state index in [4.69, 9.17) is 0 Å². The van der Waals surface area contributed by atoms with E-state index in [1.165, 1.54) is 6.07 Å². The van der Waals surface area contributed by atoms with Crippen molar-refractivity contribution >= 4 is 27.0 Å². The van der Waals surface area contributed by atoms with Crippen molar-refractivity contribution in [1.29, 1.82) is 0 Å². The number of nitrogens with zero attached hydrogens (tertiary/aromatic N) is 2. The van der Waals surface area contributed by atoms with Crippen molar-refractivity contribution in [3.05, 3.63) is 64.6 Å².